The standard InChI is InChI=1S/C25H32O4/c1-16(2)28-21-14-19(10-13-22(27)18-8-11-20(26)12-9-18)24(25(5,6)7)23(15-21)29-17(3)4/h8-17,26H,1-7H3. The number of benzene rings is 2. The largest absolute Gasteiger partial charge is 0.508 e. The molecule has 0 radical (unpaired) electrons. The highest BCUT2D eigenvalue weighted by molar-refractivity contribution is 6.07. The van der Waals surface area contributed by atoms with Crippen molar-refractivity contribution in [3.8, 4) is 17.2 Å². The lowest BCUT2D eigenvalue weighted by Crippen LogP contribution is -2.18. The molecule has 2 aromatic carbocycles. The highest BCUT2D eigenvalue weighted by atomic mass is 16.5. The van der Waals surface area contributed by atoms with Gasteiger partial charge in [-0.1, -0.05) is 26.8 Å². The predicted octanol–water partition coefficient (Wildman–Crippen LogP) is 6.16. The van der Waals surface area contributed by atoms with Gasteiger partial charge in [-0.2, -0.15) is 0 Å². The van der Waals surface area contributed by atoms with Crippen LogP contribution in [0.4, 0.5) is 0 Å². The SMILES string of the molecule is CC(C)Oc1cc(C=CC(=O)c2ccc(O)cc2)c(C(C)(C)C)c(OC(C)C)c1. The summed E-state index contributed by atoms with van der Waals surface area (Å²) in [5, 5.41) is 9.42. The van der Waals surface area contributed by atoms with Crippen LogP contribution in [0.15, 0.2) is 42.5 Å². The molecule has 2 aromatic rings. The van der Waals surface area contributed by atoms with Crippen molar-refractivity contribution < 1.29 is 19.4 Å². The highest BCUT2D eigenvalue weighted by Gasteiger charge is 2.24. The molecular formula is C25H32O4. The Balaban J connectivity index is 2.53. The first-order valence-electron chi connectivity index (χ1n) is 10.0. The van der Waals surface area contributed by atoms with E-state index in [9.17, 15) is 9.90 Å². The Bertz CT molecular complexity index is 869. The molecule has 0 aromatic heterocycles. The molecule has 0 fully saturated rings. The van der Waals surface area contributed by atoms with E-state index in [-0.39, 0.29) is 29.2 Å². The maximum absolute atomic E-state index is 12.6. The van der Waals surface area contributed by atoms with E-state index in [1.807, 2.05) is 45.9 Å². The van der Waals surface area contributed by atoms with Gasteiger partial charge >= 0.3 is 0 Å². The fourth-order valence-electron chi connectivity index (χ4n) is 3.12. The summed E-state index contributed by atoms with van der Waals surface area (Å²) in [5.74, 6) is 1.48. The molecule has 2 rings (SSSR count). The van der Waals surface area contributed by atoms with E-state index in [0.29, 0.717) is 11.3 Å². The van der Waals surface area contributed by atoms with E-state index < -0.39 is 0 Å². The molecule has 29 heavy (non-hydrogen) atoms. The number of phenols is 1. The van der Waals surface area contributed by atoms with Crippen molar-refractivity contribution >= 4 is 11.9 Å². The van der Waals surface area contributed by atoms with Gasteiger partial charge in [0, 0.05) is 17.2 Å². The molecule has 1 N–H and O–H groups in total. The number of hydrogen-bond acceptors (Lipinski definition) is 4. The second kappa shape index (κ2) is 9.17. The molecule has 0 atom stereocenters. The van der Waals surface area contributed by atoms with Gasteiger partial charge in [-0.05, 0) is 75.1 Å². The lowest BCUT2D eigenvalue weighted by atomic mass is 9.82. The van der Waals surface area contributed by atoms with Crippen molar-refractivity contribution in [2.75, 3.05) is 0 Å². The van der Waals surface area contributed by atoms with Crippen LogP contribution in [-0.2, 0) is 5.41 Å². The summed E-state index contributed by atoms with van der Waals surface area (Å²) in [7, 11) is 0. The van der Waals surface area contributed by atoms with Crippen molar-refractivity contribution in [1.82, 2.24) is 0 Å². The van der Waals surface area contributed by atoms with E-state index in [0.717, 1.165) is 16.9 Å². The molecule has 4 heteroatoms. The van der Waals surface area contributed by atoms with E-state index in [2.05, 4.69) is 20.8 Å². The molecule has 0 aliphatic carbocycles. The van der Waals surface area contributed by atoms with Crippen LogP contribution in [0.1, 0.15) is 70.0 Å². The van der Waals surface area contributed by atoms with Crippen LogP contribution in [0.5, 0.6) is 17.2 Å². The molecule has 156 valence electrons. The number of hydrogen-bond donors (Lipinski definition) is 1. The maximum atomic E-state index is 12.6. The van der Waals surface area contributed by atoms with Gasteiger partial charge in [-0.15, -0.1) is 0 Å². The number of carbonyl (C=O) groups excluding carboxylic acids is 1. The number of aromatic hydroxyl groups is 1. The molecule has 0 saturated heterocycles. The van der Waals surface area contributed by atoms with Crippen LogP contribution in [0.25, 0.3) is 6.08 Å². The highest BCUT2D eigenvalue weighted by Crippen LogP contribution is 2.39. The first kappa shape index (κ1) is 22.5. The summed E-state index contributed by atoms with van der Waals surface area (Å²) < 4.78 is 12.0. The summed E-state index contributed by atoms with van der Waals surface area (Å²) in [5.41, 5.74) is 2.24. The Morgan fingerprint density at radius 1 is 0.966 bits per heavy atom. The van der Waals surface area contributed by atoms with Crippen LogP contribution >= 0.6 is 0 Å². The summed E-state index contributed by atoms with van der Waals surface area (Å²) in [6, 6.07) is 10.1. The van der Waals surface area contributed by atoms with Gasteiger partial charge in [-0.3, -0.25) is 4.79 Å². The molecule has 0 saturated carbocycles. The minimum Gasteiger partial charge on any atom is -0.508 e. The van der Waals surface area contributed by atoms with E-state index in [1.54, 1.807) is 18.2 Å². The fourth-order valence-corrected chi connectivity index (χ4v) is 3.12. The smallest absolute Gasteiger partial charge is 0.185 e. The zero-order chi connectivity index (χ0) is 21.8. The topological polar surface area (TPSA) is 55.8 Å². The van der Waals surface area contributed by atoms with E-state index in [1.165, 1.54) is 12.1 Å². The monoisotopic (exact) mass is 396 g/mol. The molecular weight excluding hydrogens is 364 g/mol. The number of ether oxygens (including phenoxy) is 2. The van der Waals surface area contributed by atoms with Gasteiger partial charge in [0.05, 0.1) is 12.2 Å². The Morgan fingerprint density at radius 2 is 1.55 bits per heavy atom. The van der Waals surface area contributed by atoms with Crippen LogP contribution in [-0.4, -0.2) is 23.1 Å². The van der Waals surface area contributed by atoms with Crippen molar-refractivity contribution in [1.29, 1.82) is 0 Å². The normalized spacial score (nSPS) is 12.0. The van der Waals surface area contributed by atoms with Crippen LogP contribution in [0, 0.1) is 0 Å². The average Bonchev–Trinajstić information content (AvgIpc) is 2.57. The molecule has 0 heterocycles. The summed E-state index contributed by atoms with van der Waals surface area (Å²) in [6.07, 6.45) is 3.41. The third-order valence-corrected chi connectivity index (χ3v) is 4.16. The van der Waals surface area contributed by atoms with Gasteiger partial charge in [0.1, 0.15) is 17.2 Å². The third kappa shape index (κ3) is 6.38. The first-order chi connectivity index (χ1) is 13.5. The van der Waals surface area contributed by atoms with Gasteiger partial charge in [0.25, 0.3) is 0 Å². The Labute approximate surface area is 174 Å². The van der Waals surface area contributed by atoms with Crippen molar-refractivity contribution in [2.45, 2.75) is 66.1 Å². The van der Waals surface area contributed by atoms with Gasteiger partial charge in [0.15, 0.2) is 5.78 Å². The molecule has 0 spiro atoms. The maximum Gasteiger partial charge on any atom is 0.185 e. The molecule has 0 aliphatic rings. The van der Waals surface area contributed by atoms with E-state index >= 15 is 0 Å². The number of phenolic OH excluding ortho intramolecular Hbond substituents is 1. The van der Waals surface area contributed by atoms with Crippen LogP contribution < -0.4 is 9.47 Å². The second-order valence-electron chi connectivity index (χ2n) is 8.71. The van der Waals surface area contributed by atoms with Crippen molar-refractivity contribution in [3.63, 3.8) is 0 Å². The average molecular weight is 397 g/mol. The predicted molar refractivity (Wildman–Crippen MR) is 118 cm³/mol. The minimum atomic E-state index is -0.193. The fraction of sp³-hybridized carbons (Fsp3) is 0.400. The molecule has 0 aliphatic heterocycles. The molecule has 0 unspecified atom stereocenters. The van der Waals surface area contributed by atoms with Crippen LogP contribution in [0.2, 0.25) is 0 Å². The lowest BCUT2D eigenvalue weighted by molar-refractivity contribution is 0.104. The minimum absolute atomic E-state index is 0.0147. The zero-order valence-electron chi connectivity index (χ0n) is 18.4. The summed E-state index contributed by atoms with van der Waals surface area (Å²) in [6.45, 7) is 14.3. The van der Waals surface area contributed by atoms with Crippen molar-refractivity contribution in [2.24, 2.45) is 0 Å². The molecule has 4 nitrogen and oxygen atoms in total. The second-order valence-corrected chi connectivity index (χ2v) is 8.71. The van der Waals surface area contributed by atoms with Gasteiger partial charge < -0.3 is 14.6 Å². The van der Waals surface area contributed by atoms with Crippen LogP contribution in [0.3, 0.4) is 0 Å². The van der Waals surface area contributed by atoms with Gasteiger partial charge in [0.2, 0.25) is 0 Å². The first-order valence-corrected chi connectivity index (χ1v) is 10.0. The summed E-state index contributed by atoms with van der Waals surface area (Å²) in [4.78, 5) is 12.6. The quantitative estimate of drug-likeness (QED) is 0.450. The third-order valence-electron chi connectivity index (χ3n) is 4.16. The number of allylic oxidation sites excluding steroid dienone is 1. The van der Waals surface area contributed by atoms with Crippen molar-refractivity contribution in [3.05, 3.63) is 59.2 Å². The van der Waals surface area contributed by atoms with E-state index in [4.69, 9.17) is 9.47 Å². The number of carbonyl (C=O) groups is 1. The number of rotatable bonds is 7. The Morgan fingerprint density at radius 3 is 2.07 bits per heavy atom. The number of ketones is 1. The Hall–Kier alpha value is -2.75. The van der Waals surface area contributed by atoms with Gasteiger partial charge in [-0.25, -0.2) is 0 Å². The zero-order valence-corrected chi connectivity index (χ0v) is 18.4. The molecule has 0 amide bonds. The lowest BCUT2D eigenvalue weighted by Gasteiger charge is -2.27. The molecule has 0 bridgehead atoms. The summed E-state index contributed by atoms with van der Waals surface area (Å²) >= 11 is 0. The Kier molecular flexibility index (Phi) is 7.12.